The molecule has 1 aromatic carbocycles. The molecule has 0 aromatic heterocycles. The molecule has 1 aromatic rings. The van der Waals surface area contributed by atoms with Crippen LogP contribution in [0.4, 0.5) is 8.78 Å². The van der Waals surface area contributed by atoms with Gasteiger partial charge in [0.2, 0.25) is 0 Å². The molecule has 0 aliphatic heterocycles. The van der Waals surface area contributed by atoms with Crippen molar-refractivity contribution in [3.05, 3.63) is 35.4 Å². The number of hydrogen-bond acceptors (Lipinski definition) is 1. The Hall–Kier alpha value is -1.25. The van der Waals surface area contributed by atoms with Gasteiger partial charge in [-0.3, -0.25) is 4.79 Å². The lowest BCUT2D eigenvalue weighted by molar-refractivity contribution is -0.126. The van der Waals surface area contributed by atoms with E-state index >= 15 is 0 Å². The van der Waals surface area contributed by atoms with Crippen molar-refractivity contribution in [1.29, 1.82) is 0 Å². The molecule has 0 unspecified atom stereocenters. The molecule has 3 heteroatoms. The second-order valence-electron chi connectivity index (χ2n) is 4.55. The van der Waals surface area contributed by atoms with Crippen LogP contribution in [0.25, 0.3) is 0 Å². The molecule has 0 fully saturated rings. The number of halogens is 2. The fourth-order valence-electron chi connectivity index (χ4n) is 1.29. The molecule has 0 heterocycles. The molecule has 0 saturated carbocycles. The van der Waals surface area contributed by atoms with Crippen LogP contribution in [0.1, 0.15) is 32.8 Å². The van der Waals surface area contributed by atoms with Crippen LogP contribution < -0.4 is 0 Å². The molecule has 1 rings (SSSR count). The maximum absolute atomic E-state index is 13.3. The minimum Gasteiger partial charge on any atom is -0.299 e. The normalized spacial score (nSPS) is 11.6. The van der Waals surface area contributed by atoms with Crippen molar-refractivity contribution in [2.75, 3.05) is 0 Å². The average molecular weight is 226 g/mol. The number of benzene rings is 1. The van der Waals surface area contributed by atoms with Crippen molar-refractivity contribution in [3.8, 4) is 0 Å². The van der Waals surface area contributed by atoms with Gasteiger partial charge in [0.05, 0.1) is 0 Å². The van der Waals surface area contributed by atoms with Gasteiger partial charge in [-0.2, -0.15) is 0 Å². The molecule has 88 valence electrons. The fourth-order valence-corrected chi connectivity index (χ4v) is 1.29. The topological polar surface area (TPSA) is 17.1 Å². The minimum absolute atomic E-state index is 0.0512. The van der Waals surface area contributed by atoms with Gasteiger partial charge in [0.1, 0.15) is 5.78 Å². The molecular formula is C13H16F2O. The molecule has 0 bridgehead atoms. The molecule has 0 atom stereocenters. The van der Waals surface area contributed by atoms with Crippen molar-refractivity contribution in [3.63, 3.8) is 0 Å². The summed E-state index contributed by atoms with van der Waals surface area (Å²) in [5, 5.41) is 0. The summed E-state index contributed by atoms with van der Waals surface area (Å²) in [7, 11) is 0. The first-order valence-corrected chi connectivity index (χ1v) is 5.34. The lowest BCUT2D eigenvalue weighted by Crippen LogP contribution is -2.25. The Morgan fingerprint density at radius 2 is 1.94 bits per heavy atom. The maximum Gasteiger partial charge on any atom is 0.162 e. The Kier molecular flexibility index (Phi) is 3.79. The summed E-state index contributed by atoms with van der Waals surface area (Å²) in [6.45, 7) is 5.53. The number of Topliss-reactive ketones (excluding diaryl/α,β-unsaturated/α-hetero) is 1. The molecular weight excluding hydrogens is 210 g/mol. The van der Waals surface area contributed by atoms with Gasteiger partial charge in [0.15, 0.2) is 11.6 Å². The van der Waals surface area contributed by atoms with Crippen molar-refractivity contribution >= 4 is 5.78 Å². The van der Waals surface area contributed by atoms with E-state index < -0.39 is 17.0 Å². The monoisotopic (exact) mass is 226 g/mol. The molecule has 0 saturated heterocycles. The molecule has 1 nitrogen and oxygen atoms in total. The van der Waals surface area contributed by atoms with E-state index in [9.17, 15) is 13.6 Å². The van der Waals surface area contributed by atoms with Gasteiger partial charge in [-0.05, 0) is 18.1 Å². The summed E-state index contributed by atoms with van der Waals surface area (Å²) in [4.78, 5) is 11.8. The van der Waals surface area contributed by atoms with Gasteiger partial charge < -0.3 is 0 Å². The Morgan fingerprint density at radius 1 is 1.31 bits per heavy atom. The van der Waals surface area contributed by atoms with Crippen LogP contribution >= 0.6 is 0 Å². The summed E-state index contributed by atoms with van der Waals surface area (Å²) in [6, 6.07) is 3.91. The van der Waals surface area contributed by atoms with Crippen LogP contribution in [0, 0.1) is 17.0 Å². The van der Waals surface area contributed by atoms with Crippen molar-refractivity contribution < 1.29 is 13.6 Å². The third-order valence-corrected chi connectivity index (χ3v) is 3.02. The van der Waals surface area contributed by atoms with Gasteiger partial charge in [0.25, 0.3) is 0 Å². The first-order valence-electron chi connectivity index (χ1n) is 5.34. The molecule has 16 heavy (non-hydrogen) atoms. The highest BCUT2D eigenvalue weighted by Crippen LogP contribution is 2.24. The van der Waals surface area contributed by atoms with Crippen LogP contribution in [-0.2, 0) is 11.2 Å². The van der Waals surface area contributed by atoms with Crippen LogP contribution in [0.3, 0.4) is 0 Å². The number of hydrogen-bond donors (Lipinski definition) is 0. The molecule has 0 aliphatic rings. The Morgan fingerprint density at radius 3 is 2.50 bits per heavy atom. The SMILES string of the molecule is CCC(C)(C)C(=O)Cc1cccc(F)c1F. The Bertz CT molecular complexity index is 397. The fraction of sp³-hybridized carbons (Fsp3) is 0.462. The first kappa shape index (κ1) is 12.8. The predicted molar refractivity (Wildman–Crippen MR) is 59.1 cm³/mol. The van der Waals surface area contributed by atoms with E-state index in [4.69, 9.17) is 0 Å². The third-order valence-electron chi connectivity index (χ3n) is 3.02. The zero-order valence-corrected chi connectivity index (χ0v) is 9.81. The van der Waals surface area contributed by atoms with Crippen molar-refractivity contribution in [1.82, 2.24) is 0 Å². The van der Waals surface area contributed by atoms with E-state index in [0.29, 0.717) is 6.42 Å². The van der Waals surface area contributed by atoms with E-state index in [0.717, 1.165) is 6.07 Å². The second-order valence-corrected chi connectivity index (χ2v) is 4.55. The molecule has 0 radical (unpaired) electrons. The number of rotatable bonds is 4. The molecule has 0 amide bonds. The van der Waals surface area contributed by atoms with E-state index in [1.165, 1.54) is 12.1 Å². The zero-order chi connectivity index (χ0) is 12.3. The highest BCUT2D eigenvalue weighted by atomic mass is 19.2. The van der Waals surface area contributed by atoms with E-state index in [2.05, 4.69) is 0 Å². The van der Waals surface area contributed by atoms with E-state index in [1.807, 2.05) is 20.8 Å². The summed E-state index contributed by atoms with van der Waals surface area (Å²) >= 11 is 0. The van der Waals surface area contributed by atoms with Gasteiger partial charge in [-0.1, -0.05) is 32.9 Å². The highest BCUT2D eigenvalue weighted by Gasteiger charge is 2.26. The van der Waals surface area contributed by atoms with Gasteiger partial charge in [-0.25, -0.2) is 8.78 Å². The van der Waals surface area contributed by atoms with Gasteiger partial charge in [0, 0.05) is 11.8 Å². The van der Waals surface area contributed by atoms with Crippen molar-refractivity contribution in [2.24, 2.45) is 5.41 Å². The second kappa shape index (κ2) is 4.73. The van der Waals surface area contributed by atoms with Gasteiger partial charge >= 0.3 is 0 Å². The summed E-state index contributed by atoms with van der Waals surface area (Å²) in [6.07, 6.45) is 0.632. The maximum atomic E-state index is 13.3. The quantitative estimate of drug-likeness (QED) is 0.767. The number of carbonyl (C=O) groups is 1. The Labute approximate surface area is 94.5 Å². The van der Waals surface area contributed by atoms with Crippen LogP contribution in [0.2, 0.25) is 0 Å². The Balaban J connectivity index is 2.90. The standard InChI is InChI=1S/C13H16F2O/c1-4-13(2,3)11(16)8-9-6-5-7-10(14)12(9)15/h5-7H,4,8H2,1-3H3. The van der Waals surface area contributed by atoms with Crippen LogP contribution in [0.15, 0.2) is 18.2 Å². The lowest BCUT2D eigenvalue weighted by Gasteiger charge is -2.20. The summed E-state index contributed by atoms with van der Waals surface area (Å²) in [5.41, 5.74) is -0.356. The first-order chi connectivity index (χ1) is 7.38. The third kappa shape index (κ3) is 2.65. The average Bonchev–Trinajstić information content (AvgIpc) is 2.24. The number of carbonyl (C=O) groups excluding carboxylic acids is 1. The van der Waals surface area contributed by atoms with Crippen LogP contribution in [-0.4, -0.2) is 5.78 Å². The number of ketones is 1. The zero-order valence-electron chi connectivity index (χ0n) is 9.81. The summed E-state index contributed by atoms with van der Waals surface area (Å²) in [5.74, 6) is -1.89. The smallest absolute Gasteiger partial charge is 0.162 e. The predicted octanol–water partition coefficient (Wildman–Crippen LogP) is 3.51. The minimum atomic E-state index is -0.914. The molecule has 0 spiro atoms. The summed E-state index contributed by atoms with van der Waals surface area (Å²) < 4.78 is 26.2. The van der Waals surface area contributed by atoms with Crippen molar-refractivity contribution in [2.45, 2.75) is 33.6 Å². The van der Waals surface area contributed by atoms with Gasteiger partial charge in [-0.15, -0.1) is 0 Å². The van der Waals surface area contributed by atoms with Crippen LogP contribution in [0.5, 0.6) is 0 Å². The lowest BCUT2D eigenvalue weighted by atomic mass is 9.82. The molecule has 0 aliphatic carbocycles. The largest absolute Gasteiger partial charge is 0.299 e. The highest BCUT2D eigenvalue weighted by molar-refractivity contribution is 5.86. The van der Waals surface area contributed by atoms with E-state index in [-0.39, 0.29) is 17.8 Å². The molecule has 0 N–H and O–H groups in total. The van der Waals surface area contributed by atoms with E-state index in [1.54, 1.807) is 0 Å².